The van der Waals surface area contributed by atoms with Crippen molar-refractivity contribution in [1.29, 1.82) is 0 Å². The van der Waals surface area contributed by atoms with E-state index >= 15 is 0 Å². The van der Waals surface area contributed by atoms with Gasteiger partial charge in [-0.15, -0.1) is 11.6 Å². The largest absolute Gasteiger partial charge is 0.321 e. The van der Waals surface area contributed by atoms with Crippen LogP contribution in [0.25, 0.3) is 11.0 Å². The molecule has 3 aromatic rings. The second-order valence-corrected chi connectivity index (χ2v) is 4.47. The SMILES string of the molecule is Fc1ccc2nc(CCl)n(Cc3ccccn3)c2c1. The lowest BCUT2D eigenvalue weighted by molar-refractivity contribution is 0.628. The van der Waals surface area contributed by atoms with E-state index in [1.54, 1.807) is 12.3 Å². The maximum atomic E-state index is 13.4. The van der Waals surface area contributed by atoms with Gasteiger partial charge in [0.05, 0.1) is 29.2 Å². The molecule has 0 aliphatic carbocycles. The highest BCUT2D eigenvalue weighted by Crippen LogP contribution is 2.20. The van der Waals surface area contributed by atoms with Gasteiger partial charge in [-0.1, -0.05) is 6.07 Å². The van der Waals surface area contributed by atoms with Gasteiger partial charge in [-0.05, 0) is 30.3 Å². The number of rotatable bonds is 3. The van der Waals surface area contributed by atoms with Gasteiger partial charge in [-0.3, -0.25) is 4.98 Å². The Hall–Kier alpha value is -1.94. The minimum Gasteiger partial charge on any atom is -0.321 e. The van der Waals surface area contributed by atoms with E-state index < -0.39 is 0 Å². The van der Waals surface area contributed by atoms with Crippen molar-refractivity contribution in [3.63, 3.8) is 0 Å². The summed E-state index contributed by atoms with van der Waals surface area (Å²) in [5, 5.41) is 0. The van der Waals surface area contributed by atoms with Crippen molar-refractivity contribution in [2.75, 3.05) is 0 Å². The summed E-state index contributed by atoms with van der Waals surface area (Å²) < 4.78 is 15.3. The Bertz CT molecular complexity index is 709. The first-order chi connectivity index (χ1) is 9.28. The second-order valence-electron chi connectivity index (χ2n) is 4.20. The Balaban J connectivity index is 2.12. The van der Waals surface area contributed by atoms with Crippen LogP contribution in [-0.2, 0) is 12.4 Å². The van der Waals surface area contributed by atoms with Gasteiger partial charge >= 0.3 is 0 Å². The molecule has 0 bridgehead atoms. The molecular formula is C14H11ClFN3. The number of halogens is 2. The van der Waals surface area contributed by atoms with E-state index in [2.05, 4.69) is 9.97 Å². The van der Waals surface area contributed by atoms with Crippen molar-refractivity contribution in [3.05, 3.63) is 59.9 Å². The van der Waals surface area contributed by atoms with E-state index in [-0.39, 0.29) is 11.7 Å². The summed E-state index contributed by atoms with van der Waals surface area (Å²) in [6, 6.07) is 10.2. The first-order valence-corrected chi connectivity index (χ1v) is 6.42. The Morgan fingerprint density at radius 2 is 2.11 bits per heavy atom. The van der Waals surface area contributed by atoms with Gasteiger partial charge in [0.25, 0.3) is 0 Å². The van der Waals surface area contributed by atoms with E-state index in [1.807, 2.05) is 22.8 Å². The standard InChI is InChI=1S/C14H11ClFN3/c15-8-14-18-12-5-4-10(16)7-13(12)19(14)9-11-3-1-2-6-17-11/h1-7H,8-9H2. The van der Waals surface area contributed by atoms with E-state index in [0.29, 0.717) is 12.4 Å². The van der Waals surface area contributed by atoms with Crippen LogP contribution in [0.1, 0.15) is 11.5 Å². The molecule has 3 rings (SSSR count). The summed E-state index contributed by atoms with van der Waals surface area (Å²) in [6.45, 7) is 0.531. The molecule has 1 aromatic carbocycles. The van der Waals surface area contributed by atoms with Gasteiger partial charge in [0.1, 0.15) is 11.6 Å². The number of nitrogens with zero attached hydrogens (tertiary/aromatic N) is 3. The third kappa shape index (κ3) is 2.31. The average molecular weight is 276 g/mol. The topological polar surface area (TPSA) is 30.7 Å². The Morgan fingerprint density at radius 1 is 1.21 bits per heavy atom. The number of pyridine rings is 1. The third-order valence-electron chi connectivity index (χ3n) is 2.96. The average Bonchev–Trinajstić information content (AvgIpc) is 2.78. The van der Waals surface area contributed by atoms with Crippen molar-refractivity contribution in [3.8, 4) is 0 Å². The molecule has 0 saturated carbocycles. The molecule has 0 aliphatic heterocycles. The minimum absolute atomic E-state index is 0.281. The Labute approximate surface area is 114 Å². The Kier molecular flexibility index (Phi) is 3.17. The summed E-state index contributed by atoms with van der Waals surface area (Å²) in [4.78, 5) is 8.68. The first-order valence-electron chi connectivity index (χ1n) is 5.88. The first kappa shape index (κ1) is 12.1. The molecule has 96 valence electrons. The van der Waals surface area contributed by atoms with Crippen LogP contribution in [0.4, 0.5) is 4.39 Å². The molecule has 0 radical (unpaired) electrons. The van der Waals surface area contributed by atoms with Crippen molar-refractivity contribution in [2.24, 2.45) is 0 Å². The number of imidazole rings is 1. The number of hydrogen-bond donors (Lipinski definition) is 0. The van der Waals surface area contributed by atoms with Crippen molar-refractivity contribution >= 4 is 22.6 Å². The summed E-state index contributed by atoms with van der Waals surface area (Å²) in [5.74, 6) is 0.715. The maximum absolute atomic E-state index is 13.4. The fourth-order valence-electron chi connectivity index (χ4n) is 2.08. The monoisotopic (exact) mass is 275 g/mol. The minimum atomic E-state index is -0.282. The molecule has 0 atom stereocenters. The van der Waals surface area contributed by atoms with Crippen LogP contribution in [0, 0.1) is 5.82 Å². The van der Waals surface area contributed by atoms with Gasteiger partial charge in [0, 0.05) is 6.20 Å². The number of hydrogen-bond acceptors (Lipinski definition) is 2. The third-order valence-corrected chi connectivity index (χ3v) is 3.19. The van der Waals surface area contributed by atoms with Crippen LogP contribution in [-0.4, -0.2) is 14.5 Å². The maximum Gasteiger partial charge on any atom is 0.125 e. The molecular weight excluding hydrogens is 265 g/mol. The summed E-state index contributed by atoms with van der Waals surface area (Å²) in [5.41, 5.74) is 2.37. The number of aromatic nitrogens is 3. The van der Waals surface area contributed by atoms with Crippen LogP contribution in [0.15, 0.2) is 42.6 Å². The number of benzene rings is 1. The van der Waals surface area contributed by atoms with E-state index in [0.717, 1.165) is 16.7 Å². The van der Waals surface area contributed by atoms with E-state index in [1.165, 1.54) is 12.1 Å². The Morgan fingerprint density at radius 3 is 2.84 bits per heavy atom. The number of fused-ring (bicyclic) bond motifs is 1. The zero-order chi connectivity index (χ0) is 13.2. The highest BCUT2D eigenvalue weighted by atomic mass is 35.5. The highest BCUT2D eigenvalue weighted by Gasteiger charge is 2.11. The molecule has 0 saturated heterocycles. The molecule has 2 heterocycles. The van der Waals surface area contributed by atoms with Crippen molar-refractivity contribution < 1.29 is 4.39 Å². The van der Waals surface area contributed by atoms with Crippen LogP contribution in [0.3, 0.4) is 0 Å². The lowest BCUT2D eigenvalue weighted by Crippen LogP contribution is -2.05. The summed E-state index contributed by atoms with van der Waals surface area (Å²) >= 11 is 5.91. The molecule has 0 unspecified atom stereocenters. The molecule has 5 heteroatoms. The smallest absolute Gasteiger partial charge is 0.125 e. The zero-order valence-electron chi connectivity index (χ0n) is 10.1. The van der Waals surface area contributed by atoms with Crippen LogP contribution in [0.2, 0.25) is 0 Å². The van der Waals surface area contributed by atoms with E-state index in [4.69, 9.17) is 11.6 Å². The fraction of sp³-hybridized carbons (Fsp3) is 0.143. The van der Waals surface area contributed by atoms with Crippen LogP contribution in [0.5, 0.6) is 0 Å². The molecule has 0 amide bonds. The highest BCUT2D eigenvalue weighted by molar-refractivity contribution is 6.16. The fourth-order valence-corrected chi connectivity index (χ4v) is 2.28. The normalized spacial score (nSPS) is 11.1. The van der Waals surface area contributed by atoms with Gasteiger partial charge < -0.3 is 4.57 Å². The molecule has 0 aliphatic rings. The summed E-state index contributed by atoms with van der Waals surface area (Å²) in [6.07, 6.45) is 1.73. The summed E-state index contributed by atoms with van der Waals surface area (Å²) in [7, 11) is 0. The molecule has 3 nitrogen and oxygen atoms in total. The molecule has 0 fully saturated rings. The molecule has 0 spiro atoms. The van der Waals surface area contributed by atoms with E-state index in [9.17, 15) is 4.39 Å². The van der Waals surface area contributed by atoms with Gasteiger partial charge in [-0.25, -0.2) is 9.37 Å². The lowest BCUT2D eigenvalue weighted by Gasteiger charge is -2.07. The molecule has 19 heavy (non-hydrogen) atoms. The van der Waals surface area contributed by atoms with Crippen molar-refractivity contribution in [1.82, 2.24) is 14.5 Å². The zero-order valence-corrected chi connectivity index (χ0v) is 10.8. The van der Waals surface area contributed by atoms with Crippen LogP contribution < -0.4 is 0 Å². The van der Waals surface area contributed by atoms with Gasteiger partial charge in [0.2, 0.25) is 0 Å². The quantitative estimate of drug-likeness (QED) is 0.686. The number of alkyl halides is 1. The second kappa shape index (κ2) is 4.97. The van der Waals surface area contributed by atoms with Gasteiger partial charge in [0.15, 0.2) is 0 Å². The predicted molar refractivity (Wildman–Crippen MR) is 72.6 cm³/mol. The lowest BCUT2D eigenvalue weighted by atomic mass is 10.3. The van der Waals surface area contributed by atoms with Crippen molar-refractivity contribution in [2.45, 2.75) is 12.4 Å². The predicted octanol–water partition coefficient (Wildman–Crippen LogP) is 3.36. The van der Waals surface area contributed by atoms with Gasteiger partial charge in [-0.2, -0.15) is 0 Å². The molecule has 2 aromatic heterocycles. The molecule has 0 N–H and O–H groups in total. The van der Waals surface area contributed by atoms with Crippen LogP contribution >= 0.6 is 11.6 Å².